The number of hydrogen-bond acceptors (Lipinski definition) is 4. The number of ether oxygens (including phenoxy) is 1. The minimum Gasteiger partial charge on any atom is -0.508 e. The fraction of sp³-hybridized carbons (Fsp3) is 0.522. The molecule has 0 aliphatic heterocycles. The molecule has 0 saturated heterocycles. The fourth-order valence-corrected chi connectivity index (χ4v) is 4.17. The maximum absolute atomic E-state index is 9.89. The first-order chi connectivity index (χ1) is 13.0. The van der Waals surface area contributed by atoms with Gasteiger partial charge < -0.3 is 14.7 Å². The summed E-state index contributed by atoms with van der Waals surface area (Å²) in [6, 6.07) is 9.44. The van der Waals surface area contributed by atoms with Crippen LogP contribution in [-0.4, -0.2) is 23.2 Å². The quantitative estimate of drug-likeness (QED) is 0.684. The van der Waals surface area contributed by atoms with Gasteiger partial charge in [0.25, 0.3) is 0 Å². The van der Waals surface area contributed by atoms with Crippen molar-refractivity contribution in [1.29, 1.82) is 0 Å². The second kappa shape index (κ2) is 8.20. The zero-order chi connectivity index (χ0) is 19.4. The second-order valence-electron chi connectivity index (χ2n) is 7.84. The number of aromatic hydroxyl groups is 1. The van der Waals surface area contributed by atoms with Crippen LogP contribution in [0.25, 0.3) is 0 Å². The van der Waals surface area contributed by atoms with Crippen LogP contribution in [0.3, 0.4) is 0 Å². The summed E-state index contributed by atoms with van der Waals surface area (Å²) in [5.74, 6) is 2.77. The molecule has 0 radical (unpaired) electrons. The Morgan fingerprint density at radius 3 is 2.70 bits per heavy atom. The van der Waals surface area contributed by atoms with Gasteiger partial charge in [-0.2, -0.15) is 0 Å². The predicted molar refractivity (Wildman–Crippen MR) is 110 cm³/mol. The van der Waals surface area contributed by atoms with E-state index in [-0.39, 0.29) is 5.75 Å². The summed E-state index contributed by atoms with van der Waals surface area (Å²) in [7, 11) is 0. The Morgan fingerprint density at radius 2 is 2.07 bits per heavy atom. The smallest absolute Gasteiger partial charge is 0.135 e. The Morgan fingerprint density at radius 1 is 1.26 bits per heavy atom. The molecule has 4 nitrogen and oxygen atoms in total. The Kier molecular flexibility index (Phi) is 5.93. The van der Waals surface area contributed by atoms with Gasteiger partial charge >= 0.3 is 0 Å². The van der Waals surface area contributed by atoms with E-state index in [1.807, 2.05) is 31.3 Å². The summed E-state index contributed by atoms with van der Waals surface area (Å²) in [6.07, 6.45) is 5.72. The number of anilines is 1. The lowest BCUT2D eigenvalue weighted by Crippen LogP contribution is -2.48. The molecule has 146 valence electrons. The molecule has 0 bridgehead atoms. The zero-order valence-electron chi connectivity index (χ0n) is 17.0. The molecule has 0 spiro atoms. The van der Waals surface area contributed by atoms with Gasteiger partial charge in [0.1, 0.15) is 23.9 Å². The molecule has 4 heteroatoms. The molecule has 1 aliphatic rings. The van der Waals surface area contributed by atoms with Crippen LogP contribution in [-0.2, 0) is 6.61 Å². The number of pyridine rings is 1. The van der Waals surface area contributed by atoms with Crippen molar-refractivity contribution in [3.05, 3.63) is 47.7 Å². The van der Waals surface area contributed by atoms with Crippen molar-refractivity contribution in [1.82, 2.24) is 4.98 Å². The van der Waals surface area contributed by atoms with Crippen LogP contribution in [0.4, 0.5) is 5.82 Å². The second-order valence-corrected chi connectivity index (χ2v) is 7.84. The number of nitrogens with zero attached hydrogens (tertiary/aromatic N) is 2. The van der Waals surface area contributed by atoms with Gasteiger partial charge in [-0.1, -0.05) is 26.0 Å². The highest BCUT2D eigenvalue weighted by atomic mass is 16.5. The lowest BCUT2D eigenvalue weighted by Gasteiger charge is -2.50. The molecule has 1 saturated carbocycles. The largest absolute Gasteiger partial charge is 0.508 e. The third-order valence-electron chi connectivity index (χ3n) is 6.52. The molecular weight excluding hydrogens is 336 g/mol. The summed E-state index contributed by atoms with van der Waals surface area (Å²) < 4.78 is 6.03. The van der Waals surface area contributed by atoms with Crippen LogP contribution >= 0.6 is 0 Å². The molecule has 2 aromatic rings. The molecule has 3 rings (SSSR count). The van der Waals surface area contributed by atoms with Crippen molar-refractivity contribution in [2.24, 2.45) is 11.3 Å². The number of benzene rings is 1. The van der Waals surface area contributed by atoms with Crippen LogP contribution in [0.15, 0.2) is 36.5 Å². The average Bonchev–Trinajstić information content (AvgIpc) is 2.69. The molecule has 1 aromatic carbocycles. The van der Waals surface area contributed by atoms with Gasteiger partial charge in [-0.05, 0) is 62.6 Å². The number of aromatic nitrogens is 1. The maximum atomic E-state index is 9.89. The number of hydrogen-bond donors (Lipinski definition) is 1. The van der Waals surface area contributed by atoms with Crippen molar-refractivity contribution in [2.75, 3.05) is 18.0 Å². The first-order valence-corrected chi connectivity index (χ1v) is 10.1. The molecule has 0 amide bonds. The van der Waals surface area contributed by atoms with E-state index in [9.17, 15) is 5.11 Å². The van der Waals surface area contributed by atoms with E-state index in [1.54, 1.807) is 6.07 Å². The molecule has 27 heavy (non-hydrogen) atoms. The third-order valence-corrected chi connectivity index (χ3v) is 6.52. The van der Waals surface area contributed by atoms with Crippen LogP contribution in [0.2, 0.25) is 0 Å². The molecular formula is C23H32N2O2. The zero-order valence-corrected chi connectivity index (χ0v) is 17.0. The van der Waals surface area contributed by atoms with E-state index in [0.717, 1.165) is 36.0 Å². The topological polar surface area (TPSA) is 45.6 Å². The lowest BCUT2D eigenvalue weighted by atomic mass is 9.59. The molecule has 1 fully saturated rings. The van der Waals surface area contributed by atoms with E-state index >= 15 is 0 Å². The Hall–Kier alpha value is -2.23. The van der Waals surface area contributed by atoms with Crippen molar-refractivity contribution < 1.29 is 9.84 Å². The molecule has 2 atom stereocenters. The number of phenolic OH excluding ortho intramolecular Hbond substituents is 1. The van der Waals surface area contributed by atoms with Crippen LogP contribution in [0, 0.1) is 18.3 Å². The van der Waals surface area contributed by atoms with Crippen molar-refractivity contribution in [3.63, 3.8) is 0 Å². The van der Waals surface area contributed by atoms with Gasteiger partial charge in [0, 0.05) is 30.4 Å². The SMILES string of the molecule is CCN(C[C@]1(CC)CC[C@H]1C)c1ncccc1COc1cccc(O)c1C. The summed E-state index contributed by atoms with van der Waals surface area (Å²) in [5, 5.41) is 9.89. The maximum Gasteiger partial charge on any atom is 0.135 e. The fourth-order valence-electron chi connectivity index (χ4n) is 4.17. The van der Waals surface area contributed by atoms with Crippen LogP contribution < -0.4 is 9.64 Å². The standard InChI is InChI=1S/C23H32N2O2/c1-5-23(13-12-17(23)3)16-25(6-2)22-19(9-8-14-24-22)15-27-21-11-7-10-20(26)18(21)4/h7-11,14,17,26H,5-6,12-13,15-16H2,1-4H3/t17-,23+/m1/s1. The summed E-state index contributed by atoms with van der Waals surface area (Å²) in [6.45, 7) is 11.2. The normalized spacial score (nSPS) is 21.6. The van der Waals surface area contributed by atoms with Crippen molar-refractivity contribution in [2.45, 2.75) is 53.6 Å². The molecule has 1 N–H and O–H groups in total. The predicted octanol–water partition coefficient (Wildman–Crippen LogP) is 5.33. The van der Waals surface area contributed by atoms with E-state index in [2.05, 4.69) is 31.7 Å². The Labute approximate surface area is 163 Å². The molecule has 1 aliphatic carbocycles. The molecule has 1 aromatic heterocycles. The minimum atomic E-state index is 0.262. The average molecular weight is 369 g/mol. The van der Waals surface area contributed by atoms with E-state index in [0.29, 0.717) is 17.8 Å². The van der Waals surface area contributed by atoms with E-state index < -0.39 is 0 Å². The van der Waals surface area contributed by atoms with Gasteiger partial charge in [-0.3, -0.25) is 0 Å². The van der Waals surface area contributed by atoms with Gasteiger partial charge in [-0.25, -0.2) is 4.98 Å². The molecule has 0 unspecified atom stereocenters. The van der Waals surface area contributed by atoms with Crippen LogP contribution in [0.5, 0.6) is 11.5 Å². The number of rotatable bonds is 8. The Balaban J connectivity index is 1.79. The van der Waals surface area contributed by atoms with Crippen molar-refractivity contribution >= 4 is 5.82 Å². The first kappa shape index (κ1) is 19.5. The molecule has 1 heterocycles. The highest BCUT2D eigenvalue weighted by Crippen LogP contribution is 2.49. The highest BCUT2D eigenvalue weighted by Gasteiger charge is 2.43. The van der Waals surface area contributed by atoms with Crippen molar-refractivity contribution in [3.8, 4) is 11.5 Å². The first-order valence-electron chi connectivity index (χ1n) is 10.1. The monoisotopic (exact) mass is 368 g/mol. The Bertz CT molecular complexity index is 773. The van der Waals surface area contributed by atoms with Crippen LogP contribution in [0.1, 0.15) is 51.2 Å². The van der Waals surface area contributed by atoms with Gasteiger partial charge in [-0.15, -0.1) is 0 Å². The summed E-state index contributed by atoms with van der Waals surface area (Å²) >= 11 is 0. The third kappa shape index (κ3) is 3.90. The van der Waals surface area contributed by atoms with E-state index in [4.69, 9.17) is 9.72 Å². The van der Waals surface area contributed by atoms with Gasteiger partial charge in [0.05, 0.1) is 0 Å². The van der Waals surface area contributed by atoms with Gasteiger partial charge in [0.15, 0.2) is 0 Å². The lowest BCUT2D eigenvalue weighted by molar-refractivity contribution is 0.0467. The summed E-state index contributed by atoms with van der Waals surface area (Å²) in [5.41, 5.74) is 2.26. The summed E-state index contributed by atoms with van der Waals surface area (Å²) in [4.78, 5) is 7.11. The minimum absolute atomic E-state index is 0.262. The highest BCUT2D eigenvalue weighted by molar-refractivity contribution is 5.48. The van der Waals surface area contributed by atoms with Gasteiger partial charge in [0.2, 0.25) is 0 Å². The number of phenols is 1. The van der Waals surface area contributed by atoms with E-state index in [1.165, 1.54) is 19.3 Å².